The number of amides is 1. The van der Waals surface area contributed by atoms with Gasteiger partial charge in [0.2, 0.25) is 6.29 Å². The van der Waals surface area contributed by atoms with Gasteiger partial charge in [-0.15, -0.1) is 0 Å². The Kier molecular flexibility index (Phi) is 6.16. The maximum absolute atomic E-state index is 13.0. The summed E-state index contributed by atoms with van der Waals surface area (Å²) in [6.07, 6.45) is 2.72. The number of para-hydroxylation sites is 1. The van der Waals surface area contributed by atoms with Crippen LogP contribution in [-0.2, 0) is 27.5 Å². The number of fused-ring (bicyclic) bond motifs is 1. The zero-order chi connectivity index (χ0) is 21.8. The molecule has 0 saturated heterocycles. The molecule has 1 aliphatic heterocycles. The Morgan fingerprint density at radius 2 is 1.90 bits per heavy atom. The lowest BCUT2D eigenvalue weighted by Gasteiger charge is -2.28. The molecule has 4 rings (SSSR count). The highest BCUT2D eigenvalue weighted by molar-refractivity contribution is 5.91. The summed E-state index contributed by atoms with van der Waals surface area (Å²) in [4.78, 5) is 25.3. The van der Waals surface area contributed by atoms with Gasteiger partial charge in [-0.3, -0.25) is 9.59 Å². The van der Waals surface area contributed by atoms with Gasteiger partial charge in [-0.1, -0.05) is 36.4 Å². The highest BCUT2D eigenvalue weighted by atomic mass is 16.7. The van der Waals surface area contributed by atoms with Gasteiger partial charge in [0, 0.05) is 24.9 Å². The van der Waals surface area contributed by atoms with Crippen molar-refractivity contribution in [2.75, 3.05) is 7.05 Å². The number of benzene rings is 2. The SMILES string of the molecule is CNC(=O)C1=C[C@H](c2coc3ccccc3c2=O)C[C@H](OCc2ccc(CO)cc2)O1. The molecule has 2 atom stereocenters. The molecule has 0 aliphatic carbocycles. The van der Waals surface area contributed by atoms with E-state index in [0.717, 1.165) is 11.1 Å². The fraction of sp³-hybridized carbons (Fsp3) is 0.250. The molecule has 3 aromatic rings. The van der Waals surface area contributed by atoms with Gasteiger partial charge in [0.1, 0.15) is 5.58 Å². The number of carbonyl (C=O) groups is 1. The number of carbonyl (C=O) groups excluding carboxylic acids is 1. The number of hydrogen-bond donors (Lipinski definition) is 2. The van der Waals surface area contributed by atoms with E-state index in [1.165, 1.54) is 13.3 Å². The van der Waals surface area contributed by atoms with Gasteiger partial charge in [-0.05, 0) is 29.3 Å². The first-order valence-electron chi connectivity index (χ1n) is 10.0. The van der Waals surface area contributed by atoms with Crippen molar-refractivity contribution in [3.05, 3.63) is 93.5 Å². The van der Waals surface area contributed by atoms with Crippen molar-refractivity contribution < 1.29 is 23.8 Å². The molecule has 1 amide bonds. The first kappa shape index (κ1) is 20.8. The third kappa shape index (κ3) is 4.52. The molecule has 0 radical (unpaired) electrons. The van der Waals surface area contributed by atoms with Gasteiger partial charge in [-0.25, -0.2) is 0 Å². The lowest BCUT2D eigenvalue weighted by Crippen LogP contribution is -2.32. The van der Waals surface area contributed by atoms with Crippen LogP contribution in [0.2, 0.25) is 0 Å². The standard InChI is InChI=1S/C24H23NO6/c1-25-24(28)21-10-17(19-14-29-20-5-3-2-4-18(20)23(19)27)11-22(31-21)30-13-16-8-6-15(12-26)7-9-16/h2-10,14,17,22,26H,11-13H2,1H3,(H,25,28)/t17-,22+/m0/s1. The number of nitrogens with one attached hydrogen (secondary N) is 1. The molecular formula is C24H23NO6. The van der Waals surface area contributed by atoms with Crippen LogP contribution in [-0.4, -0.2) is 24.4 Å². The first-order valence-corrected chi connectivity index (χ1v) is 10.0. The van der Waals surface area contributed by atoms with Gasteiger partial charge in [-0.2, -0.15) is 0 Å². The fourth-order valence-electron chi connectivity index (χ4n) is 3.54. The molecule has 0 bridgehead atoms. The van der Waals surface area contributed by atoms with Crippen LogP contribution < -0.4 is 10.7 Å². The van der Waals surface area contributed by atoms with Crippen LogP contribution in [0, 0.1) is 0 Å². The summed E-state index contributed by atoms with van der Waals surface area (Å²) in [5.74, 6) is -0.689. The van der Waals surface area contributed by atoms with E-state index in [-0.39, 0.29) is 24.4 Å². The third-order valence-corrected chi connectivity index (χ3v) is 5.26. The summed E-state index contributed by atoms with van der Waals surface area (Å²) in [5.41, 5.74) is 2.53. The third-order valence-electron chi connectivity index (χ3n) is 5.26. The second-order valence-corrected chi connectivity index (χ2v) is 7.30. The Morgan fingerprint density at radius 1 is 1.16 bits per heavy atom. The molecule has 2 heterocycles. The number of aliphatic hydroxyl groups excluding tert-OH is 1. The highest BCUT2D eigenvalue weighted by Crippen LogP contribution is 2.31. The average Bonchev–Trinajstić information content (AvgIpc) is 2.82. The number of aliphatic hydroxyl groups is 1. The van der Waals surface area contributed by atoms with Crippen molar-refractivity contribution in [2.24, 2.45) is 0 Å². The Balaban J connectivity index is 1.59. The smallest absolute Gasteiger partial charge is 0.285 e. The molecule has 2 N–H and O–H groups in total. The topological polar surface area (TPSA) is 98.0 Å². The summed E-state index contributed by atoms with van der Waals surface area (Å²) in [5, 5.41) is 12.2. The number of hydrogen-bond acceptors (Lipinski definition) is 6. The van der Waals surface area contributed by atoms with Crippen LogP contribution in [0.1, 0.15) is 29.0 Å². The summed E-state index contributed by atoms with van der Waals surface area (Å²) >= 11 is 0. The molecule has 0 fully saturated rings. The second kappa shape index (κ2) is 9.16. The molecular weight excluding hydrogens is 398 g/mol. The zero-order valence-electron chi connectivity index (χ0n) is 17.0. The van der Waals surface area contributed by atoms with Crippen LogP contribution in [0.3, 0.4) is 0 Å². The van der Waals surface area contributed by atoms with E-state index in [1.54, 1.807) is 30.3 Å². The van der Waals surface area contributed by atoms with E-state index < -0.39 is 18.1 Å². The minimum atomic E-state index is -0.717. The van der Waals surface area contributed by atoms with E-state index in [9.17, 15) is 9.59 Å². The fourth-order valence-corrected chi connectivity index (χ4v) is 3.54. The van der Waals surface area contributed by atoms with Crippen LogP contribution >= 0.6 is 0 Å². The lowest BCUT2D eigenvalue weighted by atomic mass is 9.93. The van der Waals surface area contributed by atoms with Gasteiger partial charge < -0.3 is 24.3 Å². The van der Waals surface area contributed by atoms with E-state index in [2.05, 4.69) is 5.32 Å². The van der Waals surface area contributed by atoms with Crippen molar-refractivity contribution in [2.45, 2.75) is 31.8 Å². The zero-order valence-corrected chi connectivity index (χ0v) is 17.0. The van der Waals surface area contributed by atoms with Crippen LogP contribution in [0.5, 0.6) is 0 Å². The first-order chi connectivity index (χ1) is 15.1. The Bertz CT molecular complexity index is 1160. The molecule has 1 aromatic heterocycles. The lowest BCUT2D eigenvalue weighted by molar-refractivity contribution is -0.150. The van der Waals surface area contributed by atoms with E-state index in [0.29, 0.717) is 23.0 Å². The van der Waals surface area contributed by atoms with Crippen LogP contribution in [0.4, 0.5) is 0 Å². The van der Waals surface area contributed by atoms with Crippen LogP contribution in [0.15, 0.2) is 75.8 Å². The monoisotopic (exact) mass is 421 g/mol. The van der Waals surface area contributed by atoms with Gasteiger partial charge >= 0.3 is 0 Å². The second-order valence-electron chi connectivity index (χ2n) is 7.30. The van der Waals surface area contributed by atoms with E-state index >= 15 is 0 Å². The summed E-state index contributed by atoms with van der Waals surface area (Å²) in [7, 11) is 1.51. The minimum absolute atomic E-state index is 0.0246. The number of likely N-dealkylation sites (N-methyl/N-ethyl adjacent to an activating group) is 1. The molecule has 7 nitrogen and oxygen atoms in total. The maximum Gasteiger partial charge on any atom is 0.285 e. The molecule has 2 aromatic carbocycles. The van der Waals surface area contributed by atoms with Gasteiger partial charge in [0.05, 0.1) is 24.9 Å². The van der Waals surface area contributed by atoms with Gasteiger partial charge in [0.15, 0.2) is 11.2 Å². The van der Waals surface area contributed by atoms with Crippen molar-refractivity contribution in [1.29, 1.82) is 0 Å². The summed E-state index contributed by atoms with van der Waals surface area (Å²) in [6.45, 7) is 0.236. The maximum atomic E-state index is 13.0. The summed E-state index contributed by atoms with van der Waals surface area (Å²) in [6, 6.07) is 14.4. The quantitative estimate of drug-likeness (QED) is 0.635. The molecule has 0 unspecified atom stereocenters. The normalized spacial score (nSPS) is 18.3. The molecule has 160 valence electrons. The van der Waals surface area contributed by atoms with Crippen molar-refractivity contribution in [3.8, 4) is 0 Å². The molecule has 0 spiro atoms. The molecule has 1 aliphatic rings. The molecule has 0 saturated carbocycles. The number of rotatable bonds is 6. The predicted molar refractivity (Wildman–Crippen MR) is 114 cm³/mol. The number of ether oxygens (including phenoxy) is 2. The Hall–Kier alpha value is -3.42. The molecule has 31 heavy (non-hydrogen) atoms. The number of allylic oxidation sites excluding steroid dienone is 1. The highest BCUT2D eigenvalue weighted by Gasteiger charge is 2.30. The Morgan fingerprint density at radius 3 is 2.65 bits per heavy atom. The van der Waals surface area contributed by atoms with E-state index in [4.69, 9.17) is 19.0 Å². The predicted octanol–water partition coefficient (Wildman–Crippen LogP) is 2.96. The van der Waals surface area contributed by atoms with Crippen molar-refractivity contribution in [3.63, 3.8) is 0 Å². The van der Waals surface area contributed by atoms with Crippen molar-refractivity contribution >= 4 is 16.9 Å². The van der Waals surface area contributed by atoms with Crippen molar-refractivity contribution in [1.82, 2.24) is 5.32 Å². The summed E-state index contributed by atoms with van der Waals surface area (Å²) < 4.78 is 17.3. The minimum Gasteiger partial charge on any atom is -0.464 e. The largest absolute Gasteiger partial charge is 0.464 e. The average molecular weight is 421 g/mol. The Labute approximate surface area is 178 Å². The van der Waals surface area contributed by atoms with Gasteiger partial charge in [0.25, 0.3) is 5.91 Å². The van der Waals surface area contributed by atoms with Crippen LogP contribution in [0.25, 0.3) is 11.0 Å². The van der Waals surface area contributed by atoms with E-state index in [1.807, 2.05) is 24.3 Å². The molecule has 7 heteroatoms.